The van der Waals surface area contributed by atoms with Gasteiger partial charge in [0.1, 0.15) is 5.82 Å². The van der Waals surface area contributed by atoms with Crippen molar-refractivity contribution in [3.63, 3.8) is 0 Å². The van der Waals surface area contributed by atoms with E-state index >= 15 is 0 Å². The van der Waals surface area contributed by atoms with Crippen LogP contribution < -0.4 is 10.6 Å². The van der Waals surface area contributed by atoms with Crippen molar-refractivity contribution in [3.05, 3.63) is 35.6 Å². The lowest BCUT2D eigenvalue weighted by molar-refractivity contribution is 0.0960. The second kappa shape index (κ2) is 8.29. The van der Waals surface area contributed by atoms with Crippen LogP contribution in [0.25, 0.3) is 0 Å². The Bertz CT molecular complexity index is 513. The zero-order valence-electron chi connectivity index (χ0n) is 14.2. The number of piperidine rings is 1. The minimum Gasteiger partial charge on any atom is -0.338 e. The molecule has 2 amide bonds. The standard InChI is InChI=1S/C18H28FN3O/c1-18(2,22-12-6-3-7-13-22)14-21-17(23)20-11-10-15-8-4-5-9-16(15)19/h4-5,8-9H,3,6-7,10-14H2,1-2H3,(H2,20,21,23). The average molecular weight is 321 g/mol. The van der Waals surface area contributed by atoms with Gasteiger partial charge in [-0.3, -0.25) is 4.90 Å². The van der Waals surface area contributed by atoms with Crippen LogP contribution in [0.3, 0.4) is 0 Å². The molecule has 2 N–H and O–H groups in total. The number of amides is 2. The largest absolute Gasteiger partial charge is 0.338 e. The summed E-state index contributed by atoms with van der Waals surface area (Å²) < 4.78 is 13.5. The average Bonchev–Trinajstić information content (AvgIpc) is 2.56. The van der Waals surface area contributed by atoms with Crippen LogP contribution in [0.5, 0.6) is 0 Å². The molecular weight excluding hydrogens is 293 g/mol. The van der Waals surface area contributed by atoms with E-state index in [9.17, 15) is 9.18 Å². The number of carbonyl (C=O) groups is 1. The molecular formula is C18H28FN3O. The number of hydrogen-bond acceptors (Lipinski definition) is 2. The third-order valence-corrected chi connectivity index (χ3v) is 4.53. The van der Waals surface area contributed by atoms with E-state index < -0.39 is 0 Å². The van der Waals surface area contributed by atoms with Gasteiger partial charge in [-0.1, -0.05) is 24.6 Å². The van der Waals surface area contributed by atoms with E-state index in [1.165, 1.54) is 25.3 Å². The summed E-state index contributed by atoms with van der Waals surface area (Å²) in [4.78, 5) is 14.4. The molecule has 1 aromatic carbocycles. The third-order valence-electron chi connectivity index (χ3n) is 4.53. The highest BCUT2D eigenvalue weighted by atomic mass is 19.1. The fourth-order valence-corrected chi connectivity index (χ4v) is 2.98. The number of hydrogen-bond donors (Lipinski definition) is 2. The molecule has 0 spiro atoms. The van der Waals surface area contributed by atoms with Gasteiger partial charge in [0.25, 0.3) is 0 Å². The third kappa shape index (κ3) is 5.50. The highest BCUT2D eigenvalue weighted by Crippen LogP contribution is 2.19. The highest BCUT2D eigenvalue weighted by Gasteiger charge is 2.28. The summed E-state index contributed by atoms with van der Waals surface area (Å²) in [7, 11) is 0. The van der Waals surface area contributed by atoms with Gasteiger partial charge in [-0.25, -0.2) is 9.18 Å². The van der Waals surface area contributed by atoms with Crippen LogP contribution in [0.15, 0.2) is 24.3 Å². The number of benzene rings is 1. The molecule has 2 rings (SSSR count). The van der Waals surface area contributed by atoms with Gasteiger partial charge in [-0.2, -0.15) is 0 Å². The lowest BCUT2D eigenvalue weighted by Crippen LogP contribution is -2.54. The molecule has 0 aliphatic carbocycles. The highest BCUT2D eigenvalue weighted by molar-refractivity contribution is 5.73. The summed E-state index contributed by atoms with van der Waals surface area (Å²) in [6, 6.07) is 6.47. The molecule has 0 saturated carbocycles. The summed E-state index contributed by atoms with van der Waals surface area (Å²) in [6.45, 7) is 7.57. The number of rotatable bonds is 6. The molecule has 1 aromatic rings. The predicted molar refractivity (Wildman–Crippen MR) is 91.0 cm³/mol. The van der Waals surface area contributed by atoms with Gasteiger partial charge in [0.2, 0.25) is 0 Å². The summed E-state index contributed by atoms with van der Waals surface area (Å²) in [5, 5.41) is 5.73. The van der Waals surface area contributed by atoms with Crippen LogP contribution in [-0.2, 0) is 6.42 Å². The maximum Gasteiger partial charge on any atom is 0.314 e. The molecule has 0 radical (unpaired) electrons. The van der Waals surface area contributed by atoms with Crippen molar-refractivity contribution in [1.82, 2.24) is 15.5 Å². The predicted octanol–water partition coefficient (Wildman–Crippen LogP) is 2.93. The van der Waals surface area contributed by atoms with Crippen LogP contribution in [-0.4, -0.2) is 42.6 Å². The van der Waals surface area contributed by atoms with E-state index in [2.05, 4.69) is 29.4 Å². The molecule has 23 heavy (non-hydrogen) atoms. The van der Waals surface area contributed by atoms with Gasteiger partial charge in [0, 0.05) is 18.6 Å². The first-order valence-electron chi connectivity index (χ1n) is 8.49. The summed E-state index contributed by atoms with van der Waals surface area (Å²) in [5.74, 6) is -0.221. The summed E-state index contributed by atoms with van der Waals surface area (Å²) in [6.07, 6.45) is 4.27. The number of carbonyl (C=O) groups excluding carboxylic acids is 1. The van der Waals surface area contributed by atoms with E-state index in [0.29, 0.717) is 25.1 Å². The Morgan fingerprint density at radius 2 is 1.87 bits per heavy atom. The van der Waals surface area contributed by atoms with Crippen LogP contribution in [0, 0.1) is 5.82 Å². The lowest BCUT2D eigenvalue weighted by Gasteiger charge is -2.41. The summed E-state index contributed by atoms with van der Waals surface area (Å²) >= 11 is 0. The van der Waals surface area contributed by atoms with Gasteiger partial charge in [0.15, 0.2) is 0 Å². The monoisotopic (exact) mass is 321 g/mol. The van der Waals surface area contributed by atoms with Crippen LogP contribution in [0.1, 0.15) is 38.7 Å². The minimum atomic E-state index is -0.221. The molecule has 1 saturated heterocycles. The van der Waals surface area contributed by atoms with E-state index in [4.69, 9.17) is 0 Å². The van der Waals surface area contributed by atoms with Gasteiger partial charge in [-0.15, -0.1) is 0 Å². The van der Waals surface area contributed by atoms with Crippen molar-refractivity contribution in [3.8, 4) is 0 Å². The first kappa shape index (κ1) is 17.7. The van der Waals surface area contributed by atoms with E-state index in [0.717, 1.165) is 13.1 Å². The van der Waals surface area contributed by atoms with Crippen molar-refractivity contribution in [1.29, 1.82) is 0 Å². The molecule has 5 heteroatoms. The fourth-order valence-electron chi connectivity index (χ4n) is 2.98. The Hall–Kier alpha value is -1.62. The van der Waals surface area contributed by atoms with Crippen molar-refractivity contribution in [2.75, 3.05) is 26.2 Å². The Kier molecular flexibility index (Phi) is 6.39. The minimum absolute atomic E-state index is 0.0384. The maximum absolute atomic E-state index is 13.5. The van der Waals surface area contributed by atoms with Crippen molar-refractivity contribution in [2.24, 2.45) is 0 Å². The zero-order valence-corrected chi connectivity index (χ0v) is 14.2. The SMILES string of the molecule is CC(C)(CNC(=O)NCCc1ccccc1F)N1CCCCC1. The Labute approximate surface area is 138 Å². The zero-order chi connectivity index (χ0) is 16.7. The number of likely N-dealkylation sites (tertiary alicyclic amines) is 1. The fraction of sp³-hybridized carbons (Fsp3) is 0.611. The molecule has 128 valence electrons. The van der Waals surface area contributed by atoms with Gasteiger partial charge >= 0.3 is 6.03 Å². The molecule has 1 aliphatic rings. The summed E-state index contributed by atoms with van der Waals surface area (Å²) in [5.41, 5.74) is 0.588. The molecule has 1 fully saturated rings. The molecule has 0 atom stereocenters. The molecule has 0 aromatic heterocycles. The first-order valence-corrected chi connectivity index (χ1v) is 8.49. The van der Waals surface area contributed by atoms with Crippen LogP contribution >= 0.6 is 0 Å². The number of nitrogens with zero attached hydrogens (tertiary/aromatic N) is 1. The molecule has 1 aliphatic heterocycles. The lowest BCUT2D eigenvalue weighted by atomic mass is 9.98. The van der Waals surface area contributed by atoms with Crippen LogP contribution in [0.2, 0.25) is 0 Å². The number of nitrogens with one attached hydrogen (secondary N) is 2. The molecule has 0 bridgehead atoms. The van der Waals surface area contributed by atoms with E-state index in [-0.39, 0.29) is 17.4 Å². The van der Waals surface area contributed by atoms with Crippen molar-refractivity contribution >= 4 is 6.03 Å². The first-order chi connectivity index (χ1) is 11.0. The van der Waals surface area contributed by atoms with Crippen molar-refractivity contribution < 1.29 is 9.18 Å². The Morgan fingerprint density at radius 1 is 1.17 bits per heavy atom. The quantitative estimate of drug-likeness (QED) is 0.846. The second-order valence-corrected chi connectivity index (χ2v) is 6.81. The van der Waals surface area contributed by atoms with Gasteiger partial charge in [-0.05, 0) is 57.8 Å². The van der Waals surface area contributed by atoms with Crippen molar-refractivity contribution in [2.45, 2.75) is 45.1 Å². The smallest absolute Gasteiger partial charge is 0.314 e. The Morgan fingerprint density at radius 3 is 2.57 bits per heavy atom. The number of urea groups is 1. The molecule has 4 nitrogen and oxygen atoms in total. The molecule has 1 heterocycles. The Balaban J connectivity index is 1.69. The number of halogens is 1. The normalized spacial score (nSPS) is 16.1. The van der Waals surface area contributed by atoms with E-state index in [1.807, 2.05) is 0 Å². The maximum atomic E-state index is 13.5. The topological polar surface area (TPSA) is 44.4 Å². The van der Waals surface area contributed by atoms with Gasteiger partial charge in [0.05, 0.1) is 0 Å². The van der Waals surface area contributed by atoms with Crippen LogP contribution in [0.4, 0.5) is 9.18 Å². The van der Waals surface area contributed by atoms with Gasteiger partial charge < -0.3 is 10.6 Å². The second-order valence-electron chi connectivity index (χ2n) is 6.81. The van der Waals surface area contributed by atoms with E-state index in [1.54, 1.807) is 18.2 Å². The molecule has 0 unspecified atom stereocenters.